The molecule has 36 heavy (non-hydrogen) atoms. The van der Waals surface area contributed by atoms with Crippen LogP contribution in [-0.4, -0.2) is 20.4 Å². The third kappa shape index (κ3) is 4.76. The molecular weight excluding hydrogens is 469 g/mol. The first-order valence-electron chi connectivity index (χ1n) is 10.9. The molecular formula is C27H19F3N4O2. The van der Waals surface area contributed by atoms with Crippen LogP contribution in [0.4, 0.5) is 18.9 Å². The lowest BCUT2D eigenvalue weighted by atomic mass is 10.1. The van der Waals surface area contributed by atoms with E-state index in [9.17, 15) is 18.0 Å². The van der Waals surface area contributed by atoms with Crippen molar-refractivity contribution in [3.63, 3.8) is 0 Å². The van der Waals surface area contributed by atoms with Crippen molar-refractivity contribution in [3.05, 3.63) is 103 Å². The summed E-state index contributed by atoms with van der Waals surface area (Å²) in [7, 11) is 1.88. The van der Waals surface area contributed by atoms with Crippen LogP contribution in [0.5, 0.6) is 11.5 Å². The molecule has 9 heteroatoms. The van der Waals surface area contributed by atoms with Crippen LogP contribution < -0.4 is 10.1 Å². The maximum atomic E-state index is 13.0. The maximum absolute atomic E-state index is 13.0. The lowest BCUT2D eigenvalue weighted by molar-refractivity contribution is -0.137. The Hall–Kier alpha value is -4.66. The number of amides is 1. The lowest BCUT2D eigenvalue weighted by Gasteiger charge is -2.12. The van der Waals surface area contributed by atoms with Crippen molar-refractivity contribution in [1.29, 1.82) is 0 Å². The summed E-state index contributed by atoms with van der Waals surface area (Å²) >= 11 is 0. The van der Waals surface area contributed by atoms with E-state index in [2.05, 4.69) is 10.3 Å². The van der Waals surface area contributed by atoms with Crippen molar-refractivity contribution in [2.45, 2.75) is 6.18 Å². The van der Waals surface area contributed by atoms with E-state index >= 15 is 0 Å². The number of benzene rings is 2. The number of anilines is 1. The quantitative estimate of drug-likeness (QED) is 0.299. The minimum Gasteiger partial charge on any atom is -0.456 e. The number of aryl methyl sites for hydroxylation is 1. The number of hydrogen-bond acceptors (Lipinski definition) is 4. The third-order valence-corrected chi connectivity index (χ3v) is 5.53. The summed E-state index contributed by atoms with van der Waals surface area (Å²) in [5, 5.41) is 3.43. The fourth-order valence-electron chi connectivity index (χ4n) is 3.75. The van der Waals surface area contributed by atoms with E-state index in [0.29, 0.717) is 22.9 Å². The van der Waals surface area contributed by atoms with Crippen LogP contribution in [0.25, 0.3) is 22.3 Å². The first-order chi connectivity index (χ1) is 17.3. The van der Waals surface area contributed by atoms with Crippen LogP contribution in [0.15, 0.2) is 91.4 Å². The molecule has 0 aliphatic rings. The van der Waals surface area contributed by atoms with Crippen molar-refractivity contribution >= 4 is 22.6 Å². The Balaban J connectivity index is 1.43. The van der Waals surface area contributed by atoms with Crippen LogP contribution in [0, 0.1) is 0 Å². The van der Waals surface area contributed by atoms with Crippen LogP contribution in [0.2, 0.25) is 0 Å². The molecule has 0 spiro atoms. The molecule has 5 rings (SSSR count). The summed E-state index contributed by atoms with van der Waals surface area (Å²) in [6.07, 6.45) is 0.737. The van der Waals surface area contributed by atoms with Gasteiger partial charge < -0.3 is 14.6 Å². The molecule has 0 saturated heterocycles. The first-order valence-corrected chi connectivity index (χ1v) is 10.9. The van der Waals surface area contributed by atoms with Crippen molar-refractivity contribution < 1.29 is 22.7 Å². The van der Waals surface area contributed by atoms with Crippen LogP contribution in [0.3, 0.4) is 0 Å². The average molecular weight is 488 g/mol. The summed E-state index contributed by atoms with van der Waals surface area (Å²) in [5.74, 6) is 0.331. The second-order valence-electron chi connectivity index (χ2n) is 8.07. The van der Waals surface area contributed by atoms with Gasteiger partial charge in [0, 0.05) is 54.6 Å². The number of ether oxygens (including phenoxy) is 1. The van der Waals surface area contributed by atoms with Gasteiger partial charge in [-0.15, -0.1) is 0 Å². The van der Waals surface area contributed by atoms with Gasteiger partial charge in [-0.05, 0) is 48.5 Å². The number of nitrogens with zero attached hydrogens (tertiary/aromatic N) is 3. The second-order valence-corrected chi connectivity index (χ2v) is 8.07. The highest BCUT2D eigenvalue weighted by Crippen LogP contribution is 2.34. The zero-order valence-corrected chi connectivity index (χ0v) is 19.0. The Morgan fingerprint density at radius 3 is 2.61 bits per heavy atom. The largest absolute Gasteiger partial charge is 0.456 e. The fraction of sp³-hybridized carbons (Fsp3) is 0.0741. The Labute approximate surface area is 204 Å². The van der Waals surface area contributed by atoms with Crippen molar-refractivity contribution in [2.24, 2.45) is 7.05 Å². The van der Waals surface area contributed by atoms with E-state index in [4.69, 9.17) is 9.72 Å². The van der Waals surface area contributed by atoms with E-state index in [1.807, 2.05) is 42.1 Å². The van der Waals surface area contributed by atoms with Gasteiger partial charge in [-0.3, -0.25) is 9.78 Å². The van der Waals surface area contributed by atoms with E-state index in [0.717, 1.165) is 28.7 Å². The van der Waals surface area contributed by atoms with Gasteiger partial charge in [0.05, 0.1) is 16.6 Å². The molecule has 0 fully saturated rings. The number of rotatable bonds is 5. The third-order valence-electron chi connectivity index (χ3n) is 5.53. The van der Waals surface area contributed by atoms with Gasteiger partial charge in [-0.2, -0.15) is 13.2 Å². The van der Waals surface area contributed by atoms with Gasteiger partial charge in [-0.25, -0.2) is 4.98 Å². The summed E-state index contributed by atoms with van der Waals surface area (Å²) < 4.78 is 47.1. The minimum atomic E-state index is -4.54. The molecule has 0 saturated carbocycles. The zero-order valence-electron chi connectivity index (χ0n) is 19.0. The SMILES string of the molecule is Cn1ccc2c(Oc3cccc(NC(=O)c4cccc(C(F)(F)F)c4)c3)cc(-c3cccnc3)nc21. The minimum absolute atomic E-state index is 0.0996. The molecule has 3 aromatic heterocycles. The molecule has 0 aliphatic carbocycles. The van der Waals surface area contributed by atoms with Gasteiger partial charge in [0.1, 0.15) is 17.1 Å². The second kappa shape index (κ2) is 9.18. The predicted molar refractivity (Wildman–Crippen MR) is 130 cm³/mol. The molecule has 1 N–H and O–H groups in total. The molecule has 180 valence electrons. The molecule has 0 radical (unpaired) electrons. The molecule has 3 heterocycles. The smallest absolute Gasteiger partial charge is 0.416 e. The number of carbonyl (C=O) groups is 1. The number of alkyl halides is 3. The Bertz CT molecular complexity index is 1560. The van der Waals surface area contributed by atoms with Crippen LogP contribution in [0.1, 0.15) is 15.9 Å². The number of aromatic nitrogens is 3. The molecule has 0 bridgehead atoms. The van der Waals surface area contributed by atoms with Gasteiger partial charge in [-0.1, -0.05) is 12.1 Å². The fourth-order valence-corrected chi connectivity index (χ4v) is 3.75. The number of carbonyl (C=O) groups excluding carboxylic acids is 1. The number of fused-ring (bicyclic) bond motifs is 1. The number of pyridine rings is 2. The summed E-state index contributed by atoms with van der Waals surface area (Å²) in [6, 6.07) is 18.3. The number of hydrogen-bond donors (Lipinski definition) is 1. The van der Waals surface area contributed by atoms with Gasteiger partial charge in [0.25, 0.3) is 5.91 Å². The Morgan fingerprint density at radius 1 is 1.00 bits per heavy atom. The molecule has 2 aromatic carbocycles. The topological polar surface area (TPSA) is 69.0 Å². The lowest BCUT2D eigenvalue weighted by Crippen LogP contribution is -2.13. The zero-order chi connectivity index (χ0) is 25.3. The highest BCUT2D eigenvalue weighted by atomic mass is 19.4. The van der Waals surface area contributed by atoms with E-state index in [-0.39, 0.29) is 5.56 Å². The van der Waals surface area contributed by atoms with Crippen LogP contribution in [-0.2, 0) is 13.2 Å². The normalized spacial score (nSPS) is 11.4. The summed E-state index contributed by atoms with van der Waals surface area (Å²) in [5.41, 5.74) is 1.62. The van der Waals surface area contributed by atoms with Gasteiger partial charge in [0.15, 0.2) is 0 Å². The molecule has 1 amide bonds. The van der Waals surface area contributed by atoms with Gasteiger partial charge >= 0.3 is 6.18 Å². The molecule has 0 aliphatic heterocycles. The number of halogens is 3. The average Bonchev–Trinajstić information content (AvgIpc) is 3.25. The predicted octanol–water partition coefficient (Wildman–Crippen LogP) is 6.70. The Kier molecular flexibility index (Phi) is 5.89. The number of nitrogens with one attached hydrogen (secondary N) is 1. The van der Waals surface area contributed by atoms with Gasteiger partial charge in [0.2, 0.25) is 0 Å². The van der Waals surface area contributed by atoms with Crippen LogP contribution >= 0.6 is 0 Å². The molecule has 5 aromatic rings. The summed E-state index contributed by atoms with van der Waals surface area (Å²) in [6.45, 7) is 0. The highest BCUT2D eigenvalue weighted by Gasteiger charge is 2.30. The van der Waals surface area contributed by atoms with E-state index < -0.39 is 17.6 Å². The van der Waals surface area contributed by atoms with E-state index in [1.165, 1.54) is 12.1 Å². The Morgan fingerprint density at radius 2 is 1.83 bits per heavy atom. The van der Waals surface area contributed by atoms with Crippen molar-refractivity contribution in [2.75, 3.05) is 5.32 Å². The highest BCUT2D eigenvalue weighted by molar-refractivity contribution is 6.04. The molecule has 6 nitrogen and oxygen atoms in total. The standard InChI is InChI=1S/C27H19F3N4O2/c1-34-12-10-22-24(15-23(33-25(22)34)18-6-4-11-31-16-18)36-21-9-3-8-20(14-21)32-26(35)17-5-2-7-19(13-17)27(28,29)30/h2-16H,1H3,(H,32,35). The van der Waals surface area contributed by atoms with E-state index in [1.54, 1.807) is 36.7 Å². The molecule has 0 atom stereocenters. The monoisotopic (exact) mass is 488 g/mol. The van der Waals surface area contributed by atoms with Crippen molar-refractivity contribution in [3.8, 4) is 22.8 Å². The maximum Gasteiger partial charge on any atom is 0.416 e. The van der Waals surface area contributed by atoms with Crippen molar-refractivity contribution in [1.82, 2.24) is 14.5 Å². The summed E-state index contributed by atoms with van der Waals surface area (Å²) in [4.78, 5) is 21.5. The first kappa shape index (κ1) is 23.1. The molecule has 0 unspecified atom stereocenters.